The van der Waals surface area contributed by atoms with Crippen molar-refractivity contribution in [1.82, 2.24) is 4.98 Å². The van der Waals surface area contributed by atoms with Crippen molar-refractivity contribution in [3.63, 3.8) is 0 Å². The molecule has 0 atom stereocenters. The number of rotatable bonds is 2. The summed E-state index contributed by atoms with van der Waals surface area (Å²) in [7, 11) is 0. The Morgan fingerprint density at radius 3 is 2.00 bits per heavy atom. The Morgan fingerprint density at radius 1 is 1.11 bits per heavy atom. The van der Waals surface area contributed by atoms with Crippen LogP contribution < -0.4 is 4.74 Å². The van der Waals surface area contributed by atoms with E-state index in [1.807, 2.05) is 0 Å². The molecular weight excluding hydrogens is 294 g/mol. The third kappa shape index (κ3) is 3.58. The van der Waals surface area contributed by atoms with Crippen molar-refractivity contribution in [2.24, 2.45) is 0 Å². The number of nitrogens with zero attached hydrogens (tertiary/aromatic N) is 1. The van der Waals surface area contributed by atoms with E-state index < -0.39 is 41.7 Å². The number of aromatic hydroxyl groups is 1. The van der Waals surface area contributed by atoms with Crippen molar-refractivity contribution in [1.29, 1.82) is 0 Å². The number of alkyl halides is 8. The summed E-state index contributed by atoms with van der Waals surface area (Å²) in [5.74, 6) is -4.01. The number of hydrogen-bond donors (Lipinski definition) is 1. The predicted molar refractivity (Wildman–Crippen MR) is 42.5 cm³/mol. The van der Waals surface area contributed by atoms with Crippen LogP contribution in [0.1, 0.15) is 17.6 Å². The van der Waals surface area contributed by atoms with Crippen LogP contribution in [-0.4, -0.2) is 16.5 Å². The highest BCUT2D eigenvalue weighted by Crippen LogP contribution is 2.45. The van der Waals surface area contributed by atoms with Crippen molar-refractivity contribution < 1.29 is 45.0 Å². The quantitative estimate of drug-likeness (QED) is 0.847. The minimum Gasteiger partial charge on any atom is -0.503 e. The molecule has 108 valence electrons. The first-order valence-electron chi connectivity index (χ1n) is 4.26. The van der Waals surface area contributed by atoms with Gasteiger partial charge >= 0.3 is 12.5 Å². The van der Waals surface area contributed by atoms with Crippen LogP contribution >= 0.6 is 0 Å². The second-order valence-corrected chi connectivity index (χ2v) is 3.09. The molecule has 0 amide bonds. The zero-order valence-electron chi connectivity index (χ0n) is 8.48. The van der Waals surface area contributed by atoms with Crippen LogP contribution in [-0.2, 0) is 6.18 Å². The minimum atomic E-state index is -5.50. The molecular formula is C8H3F8NO2. The standard InChI is InChI=1S/C8H3F8NO2/c9-5(10)2-1-17-6(19-8(14,15)16)4(18)3(2)7(11,12)13/h1,5,18H. The lowest BCUT2D eigenvalue weighted by Gasteiger charge is -2.16. The molecule has 1 aromatic heterocycles. The fraction of sp³-hybridized carbons (Fsp3) is 0.375. The largest absolute Gasteiger partial charge is 0.574 e. The summed E-state index contributed by atoms with van der Waals surface area (Å²) in [5, 5.41) is 8.98. The Labute approximate surface area is 99.0 Å². The average Bonchev–Trinajstić information content (AvgIpc) is 2.16. The third-order valence-corrected chi connectivity index (χ3v) is 1.78. The zero-order chi connectivity index (χ0) is 15.0. The van der Waals surface area contributed by atoms with E-state index in [2.05, 4.69) is 9.72 Å². The second-order valence-electron chi connectivity index (χ2n) is 3.09. The van der Waals surface area contributed by atoms with Crippen molar-refractivity contribution in [2.75, 3.05) is 0 Å². The van der Waals surface area contributed by atoms with Gasteiger partial charge in [-0.05, 0) is 0 Å². The molecule has 0 aliphatic heterocycles. The lowest BCUT2D eigenvalue weighted by molar-refractivity contribution is -0.276. The topological polar surface area (TPSA) is 42.4 Å². The van der Waals surface area contributed by atoms with Crippen LogP contribution in [0.2, 0.25) is 0 Å². The monoisotopic (exact) mass is 297 g/mol. The van der Waals surface area contributed by atoms with Crippen LogP contribution in [0.5, 0.6) is 11.6 Å². The summed E-state index contributed by atoms with van der Waals surface area (Å²) >= 11 is 0. The average molecular weight is 297 g/mol. The maximum absolute atomic E-state index is 12.4. The zero-order valence-corrected chi connectivity index (χ0v) is 8.48. The predicted octanol–water partition coefficient (Wildman–Crippen LogP) is 3.64. The molecule has 1 rings (SSSR count). The highest BCUT2D eigenvalue weighted by atomic mass is 19.4. The molecule has 1 aromatic rings. The van der Waals surface area contributed by atoms with Crippen LogP contribution in [0.25, 0.3) is 0 Å². The fourth-order valence-corrected chi connectivity index (χ4v) is 1.15. The smallest absolute Gasteiger partial charge is 0.503 e. The Bertz CT molecular complexity index is 467. The Kier molecular flexibility index (Phi) is 3.77. The van der Waals surface area contributed by atoms with E-state index in [9.17, 15) is 35.1 Å². The van der Waals surface area contributed by atoms with Crippen LogP contribution in [0.15, 0.2) is 6.20 Å². The molecule has 0 saturated heterocycles. The van der Waals surface area contributed by atoms with E-state index >= 15 is 0 Å². The highest BCUT2D eigenvalue weighted by molar-refractivity contribution is 5.47. The first kappa shape index (κ1) is 15.2. The Hall–Kier alpha value is -1.81. The lowest BCUT2D eigenvalue weighted by Crippen LogP contribution is -2.19. The van der Waals surface area contributed by atoms with E-state index in [0.29, 0.717) is 0 Å². The number of ether oxygens (including phenoxy) is 1. The van der Waals surface area contributed by atoms with E-state index in [0.717, 1.165) is 0 Å². The van der Waals surface area contributed by atoms with Gasteiger partial charge in [-0.25, -0.2) is 13.8 Å². The molecule has 0 unspecified atom stereocenters. The molecule has 11 heteroatoms. The Balaban J connectivity index is 3.43. The molecule has 1 N–H and O–H groups in total. The van der Waals surface area contributed by atoms with Gasteiger partial charge in [0.2, 0.25) is 0 Å². The molecule has 0 bridgehead atoms. The fourth-order valence-electron chi connectivity index (χ4n) is 1.15. The van der Waals surface area contributed by atoms with Gasteiger partial charge in [0, 0.05) is 6.20 Å². The van der Waals surface area contributed by atoms with Gasteiger partial charge in [0.15, 0.2) is 5.75 Å². The summed E-state index contributed by atoms with van der Waals surface area (Å²) in [4.78, 5) is 2.59. The first-order valence-corrected chi connectivity index (χ1v) is 4.26. The molecule has 19 heavy (non-hydrogen) atoms. The molecule has 0 radical (unpaired) electrons. The van der Waals surface area contributed by atoms with E-state index in [1.165, 1.54) is 0 Å². The van der Waals surface area contributed by atoms with Crippen LogP contribution in [0, 0.1) is 0 Å². The van der Waals surface area contributed by atoms with Crippen LogP contribution in [0.4, 0.5) is 35.1 Å². The summed E-state index contributed by atoms with van der Waals surface area (Å²) in [5.41, 5.74) is -4.07. The molecule has 0 aliphatic rings. The van der Waals surface area contributed by atoms with Gasteiger partial charge in [-0.3, -0.25) is 0 Å². The van der Waals surface area contributed by atoms with E-state index in [1.54, 1.807) is 0 Å². The number of aromatic nitrogens is 1. The van der Waals surface area contributed by atoms with Gasteiger partial charge < -0.3 is 9.84 Å². The maximum Gasteiger partial charge on any atom is 0.574 e. The van der Waals surface area contributed by atoms with Gasteiger partial charge in [0.05, 0.1) is 5.56 Å². The summed E-state index contributed by atoms with van der Waals surface area (Å²) < 4.78 is 100. The molecule has 0 aliphatic carbocycles. The summed E-state index contributed by atoms with van der Waals surface area (Å²) in [6, 6.07) is 0. The lowest BCUT2D eigenvalue weighted by atomic mass is 10.1. The van der Waals surface area contributed by atoms with E-state index in [-0.39, 0.29) is 6.20 Å². The van der Waals surface area contributed by atoms with E-state index in [4.69, 9.17) is 5.11 Å². The normalized spacial score (nSPS) is 12.9. The summed E-state index contributed by atoms with van der Waals surface area (Å²) in [6.07, 6.45) is -14.8. The second kappa shape index (κ2) is 4.70. The Morgan fingerprint density at radius 2 is 1.63 bits per heavy atom. The van der Waals surface area contributed by atoms with Gasteiger partial charge in [0.1, 0.15) is 5.56 Å². The van der Waals surface area contributed by atoms with Crippen molar-refractivity contribution in [2.45, 2.75) is 19.0 Å². The van der Waals surface area contributed by atoms with Gasteiger partial charge in [-0.1, -0.05) is 0 Å². The van der Waals surface area contributed by atoms with Gasteiger partial charge in [0.25, 0.3) is 12.3 Å². The molecule has 0 saturated carbocycles. The summed E-state index contributed by atoms with van der Waals surface area (Å²) in [6.45, 7) is 0. The van der Waals surface area contributed by atoms with Crippen molar-refractivity contribution >= 4 is 0 Å². The van der Waals surface area contributed by atoms with Crippen LogP contribution in [0.3, 0.4) is 0 Å². The van der Waals surface area contributed by atoms with Gasteiger partial charge in [-0.15, -0.1) is 13.2 Å². The van der Waals surface area contributed by atoms with Crippen molar-refractivity contribution in [3.05, 3.63) is 17.3 Å². The molecule has 1 heterocycles. The number of hydrogen-bond acceptors (Lipinski definition) is 3. The maximum atomic E-state index is 12.4. The SMILES string of the molecule is Oc1c(OC(F)(F)F)ncc(C(F)F)c1C(F)(F)F. The van der Waals surface area contributed by atoms with Crippen molar-refractivity contribution in [3.8, 4) is 11.6 Å². The number of halogens is 8. The first-order chi connectivity index (χ1) is 8.43. The highest BCUT2D eigenvalue weighted by Gasteiger charge is 2.42. The molecule has 0 fully saturated rings. The molecule has 3 nitrogen and oxygen atoms in total. The number of pyridine rings is 1. The van der Waals surface area contributed by atoms with Gasteiger partial charge in [-0.2, -0.15) is 13.2 Å². The minimum absolute atomic E-state index is 0.145. The molecule has 0 aromatic carbocycles. The molecule has 0 spiro atoms. The third-order valence-electron chi connectivity index (χ3n) is 1.78.